The van der Waals surface area contributed by atoms with Crippen molar-refractivity contribution in [2.24, 2.45) is 5.92 Å². The second kappa shape index (κ2) is 8.80. The van der Waals surface area contributed by atoms with Crippen molar-refractivity contribution in [3.05, 3.63) is 54.3 Å². The molecule has 0 bridgehead atoms. The number of piperazine rings is 1. The molecule has 0 saturated carbocycles. The molecule has 4 rings (SSSR count). The van der Waals surface area contributed by atoms with Gasteiger partial charge in [-0.1, -0.05) is 6.07 Å². The number of hydrogen-bond donors (Lipinski definition) is 1. The van der Waals surface area contributed by atoms with Gasteiger partial charge in [-0.2, -0.15) is 0 Å². The van der Waals surface area contributed by atoms with E-state index in [1.165, 1.54) is 17.8 Å². The van der Waals surface area contributed by atoms with Gasteiger partial charge in [0.15, 0.2) is 0 Å². The summed E-state index contributed by atoms with van der Waals surface area (Å²) in [5.41, 5.74) is 7.97. The molecule has 2 aromatic carbocycles. The van der Waals surface area contributed by atoms with Crippen molar-refractivity contribution in [2.45, 2.75) is 12.8 Å². The fourth-order valence-electron chi connectivity index (χ4n) is 4.10. The molecule has 0 spiro atoms. The van der Waals surface area contributed by atoms with E-state index < -0.39 is 0 Å². The minimum atomic E-state index is -0.234. The molecule has 5 nitrogen and oxygen atoms in total. The lowest BCUT2D eigenvalue weighted by molar-refractivity contribution is -0.0838. The third-order valence-electron chi connectivity index (χ3n) is 5.75. The largest absolute Gasteiger partial charge is 0.406 e. The number of anilines is 2. The summed E-state index contributed by atoms with van der Waals surface area (Å²) >= 11 is 0. The third-order valence-corrected chi connectivity index (χ3v) is 5.75. The van der Waals surface area contributed by atoms with Crippen LogP contribution in [0.1, 0.15) is 12.8 Å². The number of nitrogens with two attached hydrogens (primary N) is 1. The Morgan fingerprint density at radius 1 is 0.929 bits per heavy atom. The molecule has 0 atom stereocenters. The molecule has 6 heteroatoms. The Bertz CT molecular complexity index is 753. The third kappa shape index (κ3) is 4.94. The van der Waals surface area contributed by atoms with Gasteiger partial charge in [0.05, 0.1) is 0 Å². The van der Waals surface area contributed by atoms with Gasteiger partial charge < -0.3 is 15.5 Å². The number of nitrogen functional groups attached to an aromatic ring is 1. The van der Waals surface area contributed by atoms with Gasteiger partial charge in [0.2, 0.25) is 0 Å². The van der Waals surface area contributed by atoms with Gasteiger partial charge in [0.25, 0.3) is 0 Å². The van der Waals surface area contributed by atoms with E-state index in [9.17, 15) is 4.39 Å². The van der Waals surface area contributed by atoms with Gasteiger partial charge in [0.1, 0.15) is 11.6 Å². The Morgan fingerprint density at radius 2 is 1.64 bits per heavy atom. The summed E-state index contributed by atoms with van der Waals surface area (Å²) in [5.74, 6) is 1.19. The number of halogens is 1. The van der Waals surface area contributed by atoms with Crippen molar-refractivity contribution in [1.29, 1.82) is 0 Å². The summed E-state index contributed by atoms with van der Waals surface area (Å²) in [4.78, 5) is 10.9. The minimum Gasteiger partial charge on any atom is -0.406 e. The minimum absolute atomic E-state index is 0.234. The average molecular weight is 384 g/mol. The van der Waals surface area contributed by atoms with Gasteiger partial charge in [-0.05, 0) is 61.2 Å². The molecule has 150 valence electrons. The smallest absolute Gasteiger partial charge is 0.147 e. The predicted molar refractivity (Wildman–Crippen MR) is 111 cm³/mol. The van der Waals surface area contributed by atoms with Crippen LogP contribution in [0.5, 0.6) is 5.75 Å². The SMILES string of the molecule is Nc1cccc(N2CCN(CC3CCN(Oc4ccc(F)cc4)CC3)CC2)c1. The molecule has 0 amide bonds. The summed E-state index contributed by atoms with van der Waals surface area (Å²) in [5, 5.41) is 2.00. The van der Waals surface area contributed by atoms with Crippen molar-refractivity contribution in [3.8, 4) is 5.75 Å². The van der Waals surface area contributed by atoms with E-state index in [1.54, 1.807) is 12.1 Å². The van der Waals surface area contributed by atoms with Crippen molar-refractivity contribution < 1.29 is 9.23 Å². The zero-order chi connectivity index (χ0) is 19.3. The van der Waals surface area contributed by atoms with Gasteiger partial charge >= 0.3 is 0 Å². The Balaban J connectivity index is 1.19. The lowest BCUT2D eigenvalue weighted by Gasteiger charge is -2.39. The molecule has 0 radical (unpaired) electrons. The van der Waals surface area contributed by atoms with Crippen molar-refractivity contribution in [1.82, 2.24) is 9.96 Å². The quantitative estimate of drug-likeness (QED) is 0.802. The second-order valence-electron chi connectivity index (χ2n) is 7.80. The summed E-state index contributed by atoms with van der Waals surface area (Å²) in [6.45, 7) is 7.31. The summed E-state index contributed by atoms with van der Waals surface area (Å²) in [7, 11) is 0. The van der Waals surface area contributed by atoms with Crippen LogP contribution in [0.25, 0.3) is 0 Å². The molecule has 28 heavy (non-hydrogen) atoms. The first-order valence-electron chi connectivity index (χ1n) is 10.2. The topological polar surface area (TPSA) is 45.0 Å². The van der Waals surface area contributed by atoms with Crippen LogP contribution in [0.3, 0.4) is 0 Å². The first-order chi connectivity index (χ1) is 13.7. The lowest BCUT2D eigenvalue weighted by Crippen LogP contribution is -2.49. The summed E-state index contributed by atoms with van der Waals surface area (Å²) in [6.07, 6.45) is 2.27. The molecule has 2 N–H and O–H groups in total. The fraction of sp³-hybridized carbons (Fsp3) is 0.455. The highest BCUT2D eigenvalue weighted by Gasteiger charge is 2.24. The summed E-state index contributed by atoms with van der Waals surface area (Å²) in [6, 6.07) is 14.4. The number of benzene rings is 2. The number of rotatable bonds is 5. The average Bonchev–Trinajstić information content (AvgIpc) is 2.72. The van der Waals surface area contributed by atoms with Crippen molar-refractivity contribution >= 4 is 11.4 Å². The monoisotopic (exact) mass is 384 g/mol. The molecule has 2 aliphatic heterocycles. The molecule has 2 saturated heterocycles. The van der Waals surface area contributed by atoms with Crippen LogP contribution in [-0.4, -0.2) is 55.8 Å². The first kappa shape index (κ1) is 19.0. The highest BCUT2D eigenvalue weighted by Crippen LogP contribution is 2.23. The van der Waals surface area contributed by atoms with E-state index in [-0.39, 0.29) is 5.82 Å². The number of piperidine rings is 1. The van der Waals surface area contributed by atoms with Crippen LogP contribution in [0, 0.1) is 11.7 Å². The molecule has 0 aliphatic carbocycles. The van der Waals surface area contributed by atoms with E-state index in [4.69, 9.17) is 10.6 Å². The molecule has 2 aromatic rings. The highest BCUT2D eigenvalue weighted by molar-refractivity contribution is 5.56. The number of nitrogens with zero attached hydrogens (tertiary/aromatic N) is 3. The zero-order valence-electron chi connectivity index (χ0n) is 16.3. The maximum atomic E-state index is 13.0. The maximum Gasteiger partial charge on any atom is 0.147 e. The van der Waals surface area contributed by atoms with Crippen LogP contribution in [0.4, 0.5) is 15.8 Å². The van der Waals surface area contributed by atoms with Crippen LogP contribution >= 0.6 is 0 Å². The van der Waals surface area contributed by atoms with E-state index in [1.807, 2.05) is 17.2 Å². The summed E-state index contributed by atoms with van der Waals surface area (Å²) < 4.78 is 13.0. The second-order valence-corrected chi connectivity index (χ2v) is 7.80. The van der Waals surface area contributed by atoms with Crippen molar-refractivity contribution in [2.75, 3.05) is 56.4 Å². The Labute approximate surface area is 166 Å². The van der Waals surface area contributed by atoms with Gasteiger partial charge in [-0.3, -0.25) is 4.90 Å². The first-order valence-corrected chi connectivity index (χ1v) is 10.2. The molecule has 2 fully saturated rings. The van der Waals surface area contributed by atoms with Crippen LogP contribution in [-0.2, 0) is 0 Å². The molecule has 0 aromatic heterocycles. The van der Waals surface area contributed by atoms with Gasteiger partial charge in [0, 0.05) is 57.2 Å². The fourth-order valence-corrected chi connectivity index (χ4v) is 4.10. The van der Waals surface area contributed by atoms with E-state index in [0.717, 1.165) is 64.3 Å². The standard InChI is InChI=1S/C22H29FN4O/c23-19-4-6-22(7-5-19)28-27-10-8-18(9-11-27)17-25-12-14-26(15-13-25)21-3-1-2-20(24)16-21/h1-7,16,18H,8-15,17,24H2. The molecule has 2 aliphatic rings. The Morgan fingerprint density at radius 3 is 2.32 bits per heavy atom. The maximum absolute atomic E-state index is 13.0. The predicted octanol–water partition coefficient (Wildman–Crippen LogP) is 3.24. The Kier molecular flexibility index (Phi) is 5.98. The normalized spacial score (nSPS) is 19.7. The molecule has 0 unspecified atom stereocenters. The Hall–Kier alpha value is -2.31. The van der Waals surface area contributed by atoms with Crippen molar-refractivity contribution in [3.63, 3.8) is 0 Å². The van der Waals surface area contributed by atoms with Gasteiger partial charge in [-0.25, -0.2) is 4.39 Å². The number of hydrogen-bond acceptors (Lipinski definition) is 5. The highest BCUT2D eigenvalue weighted by atomic mass is 19.1. The van der Waals surface area contributed by atoms with E-state index >= 15 is 0 Å². The van der Waals surface area contributed by atoms with E-state index in [2.05, 4.69) is 21.9 Å². The van der Waals surface area contributed by atoms with Crippen LogP contribution in [0.15, 0.2) is 48.5 Å². The zero-order valence-corrected chi connectivity index (χ0v) is 16.3. The molecular formula is C22H29FN4O. The number of hydroxylamine groups is 2. The lowest BCUT2D eigenvalue weighted by atomic mass is 9.97. The van der Waals surface area contributed by atoms with Gasteiger partial charge in [-0.15, -0.1) is 5.06 Å². The molecular weight excluding hydrogens is 355 g/mol. The van der Waals surface area contributed by atoms with E-state index in [0.29, 0.717) is 11.7 Å². The van der Waals surface area contributed by atoms with Crippen LogP contribution in [0.2, 0.25) is 0 Å². The molecule has 2 heterocycles. The van der Waals surface area contributed by atoms with Crippen LogP contribution < -0.4 is 15.5 Å².